The highest BCUT2D eigenvalue weighted by molar-refractivity contribution is 5.41. The van der Waals surface area contributed by atoms with Gasteiger partial charge in [0.25, 0.3) is 0 Å². The molecule has 23 heavy (non-hydrogen) atoms. The molecule has 0 saturated carbocycles. The van der Waals surface area contributed by atoms with E-state index in [1.54, 1.807) is 0 Å². The van der Waals surface area contributed by atoms with Crippen molar-refractivity contribution < 1.29 is 9.47 Å². The maximum atomic E-state index is 6.17. The molecule has 2 N–H and O–H groups in total. The Morgan fingerprint density at radius 2 is 1.78 bits per heavy atom. The Bertz CT molecular complexity index is 615. The van der Waals surface area contributed by atoms with Crippen LogP contribution in [-0.2, 0) is 0 Å². The number of ether oxygens (including phenoxy) is 2. The molecule has 4 heteroatoms. The smallest absolute Gasteiger partial charge is 0.120 e. The van der Waals surface area contributed by atoms with Crippen molar-refractivity contribution >= 4 is 5.69 Å². The van der Waals surface area contributed by atoms with Crippen molar-refractivity contribution in [1.82, 2.24) is 4.90 Å². The predicted molar refractivity (Wildman–Crippen MR) is 92.9 cm³/mol. The lowest BCUT2D eigenvalue weighted by Crippen LogP contribution is -2.37. The van der Waals surface area contributed by atoms with Gasteiger partial charge in [0.2, 0.25) is 0 Å². The number of nitrogens with two attached hydrogens (primary N) is 1. The fourth-order valence-corrected chi connectivity index (χ4v) is 2.93. The summed E-state index contributed by atoms with van der Waals surface area (Å²) in [6.07, 6.45) is 1.02. The van der Waals surface area contributed by atoms with E-state index in [4.69, 9.17) is 15.2 Å². The highest BCUT2D eigenvalue weighted by Gasteiger charge is 2.35. The molecule has 1 aliphatic rings. The fraction of sp³-hybridized carbons (Fsp3) is 0.368. The van der Waals surface area contributed by atoms with Crippen LogP contribution in [-0.4, -0.2) is 36.7 Å². The summed E-state index contributed by atoms with van der Waals surface area (Å²) in [4.78, 5) is 2.39. The molecule has 4 nitrogen and oxygen atoms in total. The average Bonchev–Trinajstić information content (AvgIpc) is 2.92. The summed E-state index contributed by atoms with van der Waals surface area (Å²) in [5, 5.41) is 0. The molecule has 1 fully saturated rings. The van der Waals surface area contributed by atoms with Gasteiger partial charge in [0, 0.05) is 31.7 Å². The third kappa shape index (κ3) is 4.39. The third-order valence-corrected chi connectivity index (χ3v) is 4.18. The van der Waals surface area contributed by atoms with E-state index in [0.29, 0.717) is 6.61 Å². The van der Waals surface area contributed by atoms with Gasteiger partial charge in [-0.25, -0.2) is 0 Å². The lowest BCUT2D eigenvalue weighted by molar-refractivity contribution is 0.0935. The van der Waals surface area contributed by atoms with Crippen LogP contribution in [0.1, 0.15) is 13.3 Å². The maximum absolute atomic E-state index is 6.17. The van der Waals surface area contributed by atoms with Gasteiger partial charge in [0.1, 0.15) is 23.7 Å². The number of benzene rings is 2. The number of nitrogens with zero attached hydrogens (tertiary/aromatic N) is 1. The molecule has 3 rings (SSSR count). The van der Waals surface area contributed by atoms with Crippen molar-refractivity contribution in [3.8, 4) is 11.5 Å². The van der Waals surface area contributed by atoms with Gasteiger partial charge in [-0.2, -0.15) is 0 Å². The first kappa shape index (κ1) is 15.7. The van der Waals surface area contributed by atoms with Gasteiger partial charge >= 0.3 is 0 Å². The topological polar surface area (TPSA) is 47.7 Å². The standard InChI is InChI=1S/C19H24N2O2/c1-19(23-18-9-7-16(20)8-10-18)11-12-21(15-19)13-14-22-17-5-3-2-4-6-17/h2-10H,11-15,20H2,1H3. The van der Waals surface area contributed by atoms with E-state index in [0.717, 1.165) is 43.2 Å². The van der Waals surface area contributed by atoms with Crippen molar-refractivity contribution in [2.45, 2.75) is 18.9 Å². The molecule has 0 bridgehead atoms. The second-order valence-electron chi connectivity index (χ2n) is 6.31. The Hall–Kier alpha value is -2.20. The highest BCUT2D eigenvalue weighted by Crippen LogP contribution is 2.28. The van der Waals surface area contributed by atoms with Crippen molar-refractivity contribution in [3.63, 3.8) is 0 Å². The summed E-state index contributed by atoms with van der Waals surface area (Å²) < 4.78 is 11.9. The van der Waals surface area contributed by atoms with Crippen LogP contribution in [0.4, 0.5) is 5.69 Å². The van der Waals surface area contributed by atoms with Gasteiger partial charge in [-0.05, 0) is 43.3 Å². The first-order valence-electron chi connectivity index (χ1n) is 8.08. The molecule has 1 atom stereocenters. The molecule has 0 amide bonds. The summed E-state index contributed by atoms with van der Waals surface area (Å²) in [5.74, 6) is 1.80. The van der Waals surface area contributed by atoms with E-state index < -0.39 is 0 Å². The van der Waals surface area contributed by atoms with Crippen molar-refractivity contribution in [3.05, 3.63) is 54.6 Å². The van der Waals surface area contributed by atoms with Crippen LogP contribution in [0.5, 0.6) is 11.5 Å². The summed E-state index contributed by atoms with van der Waals surface area (Å²) >= 11 is 0. The number of hydrogen-bond donors (Lipinski definition) is 1. The molecule has 1 heterocycles. The van der Waals surface area contributed by atoms with Crippen molar-refractivity contribution in [2.24, 2.45) is 0 Å². The largest absolute Gasteiger partial charge is 0.492 e. The molecule has 1 aliphatic heterocycles. The van der Waals surface area contributed by atoms with Gasteiger partial charge in [-0.1, -0.05) is 18.2 Å². The predicted octanol–water partition coefficient (Wildman–Crippen LogP) is 3.19. The first-order valence-corrected chi connectivity index (χ1v) is 8.08. The number of hydrogen-bond acceptors (Lipinski definition) is 4. The van der Waals surface area contributed by atoms with Gasteiger partial charge in [-0.15, -0.1) is 0 Å². The van der Waals surface area contributed by atoms with Gasteiger partial charge in [0.05, 0.1) is 0 Å². The molecule has 0 spiro atoms. The van der Waals surface area contributed by atoms with Crippen LogP contribution in [0, 0.1) is 0 Å². The molecule has 122 valence electrons. The molecule has 0 radical (unpaired) electrons. The maximum Gasteiger partial charge on any atom is 0.120 e. The molecule has 2 aromatic rings. The molecule has 0 aliphatic carbocycles. The molecular weight excluding hydrogens is 288 g/mol. The Morgan fingerprint density at radius 3 is 2.52 bits per heavy atom. The Kier molecular flexibility index (Phi) is 4.72. The monoisotopic (exact) mass is 312 g/mol. The van der Waals surface area contributed by atoms with Crippen LogP contribution in [0.25, 0.3) is 0 Å². The van der Waals surface area contributed by atoms with Crippen LogP contribution in [0.3, 0.4) is 0 Å². The Balaban J connectivity index is 1.46. The number of anilines is 1. The van der Waals surface area contributed by atoms with Gasteiger partial charge < -0.3 is 15.2 Å². The number of rotatable bonds is 6. The average molecular weight is 312 g/mol. The van der Waals surface area contributed by atoms with E-state index in [1.807, 2.05) is 54.6 Å². The molecule has 1 saturated heterocycles. The number of likely N-dealkylation sites (tertiary alicyclic amines) is 1. The SMILES string of the molecule is CC1(Oc2ccc(N)cc2)CCN(CCOc2ccccc2)C1. The van der Waals surface area contributed by atoms with E-state index in [9.17, 15) is 0 Å². The minimum Gasteiger partial charge on any atom is -0.492 e. The second-order valence-corrected chi connectivity index (χ2v) is 6.31. The zero-order valence-electron chi connectivity index (χ0n) is 13.6. The molecule has 0 aromatic heterocycles. The van der Waals surface area contributed by atoms with Crippen LogP contribution in [0.2, 0.25) is 0 Å². The summed E-state index contributed by atoms with van der Waals surface area (Å²) in [6.45, 7) is 5.72. The number of para-hydroxylation sites is 1. The van der Waals surface area contributed by atoms with Crippen LogP contribution >= 0.6 is 0 Å². The van der Waals surface area contributed by atoms with E-state index >= 15 is 0 Å². The Morgan fingerprint density at radius 1 is 1.04 bits per heavy atom. The van der Waals surface area contributed by atoms with Crippen LogP contribution < -0.4 is 15.2 Å². The lowest BCUT2D eigenvalue weighted by atomic mass is 10.1. The zero-order chi connectivity index (χ0) is 16.1. The summed E-state index contributed by atoms with van der Waals surface area (Å²) in [7, 11) is 0. The molecule has 1 unspecified atom stereocenters. The minimum atomic E-state index is -0.150. The summed E-state index contributed by atoms with van der Waals surface area (Å²) in [5.41, 5.74) is 6.32. The lowest BCUT2D eigenvalue weighted by Gasteiger charge is -2.26. The van der Waals surface area contributed by atoms with Gasteiger partial charge in [0.15, 0.2) is 0 Å². The Labute approximate surface area is 137 Å². The van der Waals surface area contributed by atoms with Crippen LogP contribution in [0.15, 0.2) is 54.6 Å². The first-order chi connectivity index (χ1) is 11.1. The quantitative estimate of drug-likeness (QED) is 0.832. The van der Waals surface area contributed by atoms with E-state index in [2.05, 4.69) is 11.8 Å². The zero-order valence-corrected chi connectivity index (χ0v) is 13.6. The molecule has 2 aromatic carbocycles. The van der Waals surface area contributed by atoms with E-state index in [-0.39, 0.29) is 5.60 Å². The summed E-state index contributed by atoms with van der Waals surface area (Å²) in [6, 6.07) is 17.6. The minimum absolute atomic E-state index is 0.150. The normalized spacial score (nSPS) is 21.3. The van der Waals surface area contributed by atoms with E-state index in [1.165, 1.54) is 0 Å². The van der Waals surface area contributed by atoms with Gasteiger partial charge in [-0.3, -0.25) is 4.90 Å². The number of nitrogen functional groups attached to an aromatic ring is 1. The van der Waals surface area contributed by atoms with Crippen molar-refractivity contribution in [2.75, 3.05) is 32.0 Å². The highest BCUT2D eigenvalue weighted by atomic mass is 16.5. The van der Waals surface area contributed by atoms with Crippen molar-refractivity contribution in [1.29, 1.82) is 0 Å². The third-order valence-electron chi connectivity index (χ3n) is 4.18. The molecular formula is C19H24N2O2. The second kappa shape index (κ2) is 6.92. The fourth-order valence-electron chi connectivity index (χ4n) is 2.93.